The molecule has 1 aromatic heterocycles. The topological polar surface area (TPSA) is 91.6 Å². The Balaban J connectivity index is 1.28. The smallest absolute Gasteiger partial charge is 0.243 e. The van der Waals surface area contributed by atoms with Crippen molar-refractivity contribution in [1.29, 1.82) is 0 Å². The highest BCUT2D eigenvalue weighted by atomic mass is 32.2. The second-order valence-corrected chi connectivity index (χ2v) is 10.7. The fraction of sp³-hybridized carbons (Fsp3) is 0.480. The summed E-state index contributed by atoms with van der Waals surface area (Å²) in [5, 5.41) is 8.35. The Morgan fingerprint density at radius 2 is 1.71 bits per heavy atom. The lowest BCUT2D eigenvalue weighted by Gasteiger charge is -2.34. The van der Waals surface area contributed by atoms with E-state index >= 15 is 0 Å². The second-order valence-electron chi connectivity index (χ2n) is 8.80. The van der Waals surface area contributed by atoms with Gasteiger partial charge in [0.25, 0.3) is 0 Å². The van der Waals surface area contributed by atoms with E-state index in [0.717, 1.165) is 38.2 Å². The normalized spacial score (nSPS) is 15.2. The third kappa shape index (κ3) is 5.88. The molecule has 35 heavy (non-hydrogen) atoms. The van der Waals surface area contributed by atoms with Gasteiger partial charge in [-0.1, -0.05) is 49.4 Å². The summed E-state index contributed by atoms with van der Waals surface area (Å²) in [6.07, 6.45) is 1.11. The molecule has 1 fully saturated rings. The summed E-state index contributed by atoms with van der Waals surface area (Å²) in [5.74, 6) is 0.168. The molecule has 1 saturated heterocycles. The third-order valence-electron chi connectivity index (χ3n) is 6.56. The number of amides is 1. The number of benzene rings is 2. The minimum Gasteiger partial charge on any atom is -0.340 e. The molecule has 0 N–H and O–H groups in total. The number of nitrogens with zero attached hydrogens (tertiary/aromatic N) is 6. The largest absolute Gasteiger partial charge is 0.340 e. The molecule has 1 aliphatic heterocycles. The monoisotopic (exact) mass is 498 g/mol. The molecule has 0 radical (unpaired) electrons. The molecule has 1 amide bonds. The van der Waals surface area contributed by atoms with Gasteiger partial charge in [0.1, 0.15) is 5.52 Å². The van der Waals surface area contributed by atoms with Gasteiger partial charge in [0, 0.05) is 58.8 Å². The predicted octanol–water partition coefficient (Wildman–Crippen LogP) is 2.59. The van der Waals surface area contributed by atoms with Crippen LogP contribution in [0.25, 0.3) is 11.0 Å². The fourth-order valence-corrected chi connectivity index (χ4v) is 6.00. The van der Waals surface area contributed by atoms with E-state index in [1.54, 1.807) is 22.9 Å². The number of carbonyl (C=O) groups excluding carboxylic acids is 1. The Labute approximate surface area is 207 Å². The number of hydrogen-bond donors (Lipinski definition) is 0. The van der Waals surface area contributed by atoms with E-state index in [1.165, 1.54) is 9.87 Å². The van der Waals surface area contributed by atoms with Crippen LogP contribution in [0.4, 0.5) is 0 Å². The van der Waals surface area contributed by atoms with Crippen LogP contribution in [-0.2, 0) is 27.9 Å². The highest BCUT2D eigenvalue weighted by Crippen LogP contribution is 2.21. The molecule has 3 aromatic rings. The van der Waals surface area contributed by atoms with E-state index in [4.69, 9.17) is 0 Å². The zero-order valence-corrected chi connectivity index (χ0v) is 21.3. The van der Waals surface area contributed by atoms with Gasteiger partial charge in [-0.3, -0.25) is 9.69 Å². The van der Waals surface area contributed by atoms with E-state index in [0.29, 0.717) is 38.0 Å². The SMILES string of the molecule is CCN(CC)S(=O)(=O)c1ccc2c(c1)nnn2CCCC(=O)N1CCN(Cc2ccccc2)CC1. The molecule has 0 saturated carbocycles. The number of aromatic nitrogens is 3. The Hall–Kier alpha value is -2.82. The van der Waals surface area contributed by atoms with Gasteiger partial charge in [0.05, 0.1) is 10.4 Å². The van der Waals surface area contributed by atoms with Crippen LogP contribution in [-0.4, -0.2) is 82.7 Å². The first-order valence-electron chi connectivity index (χ1n) is 12.3. The lowest BCUT2D eigenvalue weighted by molar-refractivity contribution is -0.133. The molecule has 2 heterocycles. The van der Waals surface area contributed by atoms with Gasteiger partial charge >= 0.3 is 0 Å². The van der Waals surface area contributed by atoms with Crippen LogP contribution in [0.2, 0.25) is 0 Å². The minimum absolute atomic E-state index is 0.168. The highest BCUT2D eigenvalue weighted by Gasteiger charge is 2.23. The van der Waals surface area contributed by atoms with Crippen LogP contribution in [0.1, 0.15) is 32.3 Å². The van der Waals surface area contributed by atoms with Crippen LogP contribution < -0.4 is 0 Å². The van der Waals surface area contributed by atoms with Crippen LogP contribution >= 0.6 is 0 Å². The van der Waals surface area contributed by atoms with Crippen LogP contribution in [0, 0.1) is 0 Å². The fourth-order valence-electron chi connectivity index (χ4n) is 4.53. The summed E-state index contributed by atoms with van der Waals surface area (Å²) in [6, 6.07) is 15.3. The number of rotatable bonds is 10. The predicted molar refractivity (Wildman–Crippen MR) is 135 cm³/mol. The number of piperazine rings is 1. The lowest BCUT2D eigenvalue weighted by Crippen LogP contribution is -2.48. The number of aryl methyl sites for hydroxylation is 1. The summed E-state index contributed by atoms with van der Waals surface area (Å²) in [7, 11) is -3.54. The zero-order chi connectivity index (χ0) is 24.8. The molecule has 4 rings (SSSR count). The van der Waals surface area contributed by atoms with Crippen molar-refractivity contribution in [1.82, 2.24) is 29.1 Å². The van der Waals surface area contributed by atoms with Crippen molar-refractivity contribution in [3.8, 4) is 0 Å². The highest BCUT2D eigenvalue weighted by molar-refractivity contribution is 7.89. The average Bonchev–Trinajstić information content (AvgIpc) is 3.28. The molecule has 188 valence electrons. The van der Waals surface area contributed by atoms with E-state index in [2.05, 4.69) is 39.5 Å². The van der Waals surface area contributed by atoms with Crippen molar-refractivity contribution in [2.24, 2.45) is 0 Å². The van der Waals surface area contributed by atoms with Gasteiger partial charge < -0.3 is 4.90 Å². The van der Waals surface area contributed by atoms with Gasteiger partial charge in [-0.2, -0.15) is 4.31 Å². The van der Waals surface area contributed by atoms with E-state index in [1.807, 2.05) is 24.8 Å². The van der Waals surface area contributed by atoms with Gasteiger partial charge in [0.15, 0.2) is 0 Å². The van der Waals surface area contributed by atoms with E-state index < -0.39 is 10.0 Å². The Morgan fingerprint density at radius 3 is 2.40 bits per heavy atom. The van der Waals surface area contributed by atoms with Crippen molar-refractivity contribution in [2.45, 2.75) is 44.7 Å². The van der Waals surface area contributed by atoms with Crippen molar-refractivity contribution in [3.05, 3.63) is 54.1 Å². The quantitative estimate of drug-likeness (QED) is 0.427. The summed E-state index contributed by atoms with van der Waals surface area (Å²) in [6.45, 7) is 9.21. The molecule has 0 aliphatic carbocycles. The third-order valence-corrected chi connectivity index (χ3v) is 8.61. The molecule has 1 aliphatic rings. The summed E-state index contributed by atoms with van der Waals surface area (Å²) >= 11 is 0. The Morgan fingerprint density at radius 1 is 1.00 bits per heavy atom. The molecular formula is C25H34N6O3S. The molecule has 2 aromatic carbocycles. The lowest BCUT2D eigenvalue weighted by atomic mass is 10.2. The van der Waals surface area contributed by atoms with Crippen LogP contribution in [0.15, 0.2) is 53.4 Å². The average molecular weight is 499 g/mol. The van der Waals surface area contributed by atoms with Crippen LogP contribution in [0.3, 0.4) is 0 Å². The minimum atomic E-state index is -3.54. The summed E-state index contributed by atoms with van der Waals surface area (Å²) in [5.41, 5.74) is 2.61. The second kappa shape index (κ2) is 11.3. The molecule has 10 heteroatoms. The first-order valence-corrected chi connectivity index (χ1v) is 13.7. The van der Waals surface area contributed by atoms with Crippen molar-refractivity contribution in [2.75, 3.05) is 39.3 Å². The van der Waals surface area contributed by atoms with E-state index in [-0.39, 0.29) is 10.8 Å². The van der Waals surface area contributed by atoms with Gasteiger partial charge in [-0.15, -0.1) is 5.10 Å². The first kappa shape index (κ1) is 25.3. The van der Waals surface area contributed by atoms with E-state index in [9.17, 15) is 13.2 Å². The molecule has 0 spiro atoms. The Kier molecular flexibility index (Phi) is 8.15. The standard InChI is InChI=1S/C25H34N6O3S/c1-3-30(4-2)35(33,34)22-12-13-24-23(19-22)26-27-31(24)14-8-11-25(32)29-17-15-28(16-18-29)20-21-9-6-5-7-10-21/h5-7,9-10,12-13,19H,3-4,8,11,14-18,20H2,1-2H3. The number of sulfonamides is 1. The maximum Gasteiger partial charge on any atom is 0.243 e. The maximum absolute atomic E-state index is 12.8. The zero-order valence-electron chi connectivity index (χ0n) is 20.5. The number of hydrogen-bond acceptors (Lipinski definition) is 6. The Bertz CT molecular complexity index is 1230. The summed E-state index contributed by atoms with van der Waals surface area (Å²) in [4.78, 5) is 17.3. The van der Waals surface area contributed by atoms with Crippen molar-refractivity contribution in [3.63, 3.8) is 0 Å². The molecule has 0 bridgehead atoms. The van der Waals surface area contributed by atoms with Gasteiger partial charge in [-0.25, -0.2) is 13.1 Å². The molecular weight excluding hydrogens is 464 g/mol. The van der Waals surface area contributed by atoms with Crippen molar-refractivity contribution >= 4 is 27.0 Å². The number of fused-ring (bicyclic) bond motifs is 1. The maximum atomic E-state index is 12.8. The molecule has 0 unspecified atom stereocenters. The van der Waals surface area contributed by atoms with Gasteiger partial charge in [-0.05, 0) is 30.2 Å². The summed E-state index contributed by atoms with van der Waals surface area (Å²) < 4.78 is 28.7. The van der Waals surface area contributed by atoms with Gasteiger partial charge in [0.2, 0.25) is 15.9 Å². The van der Waals surface area contributed by atoms with Crippen molar-refractivity contribution < 1.29 is 13.2 Å². The molecule has 0 atom stereocenters. The number of carbonyl (C=O) groups is 1. The first-order chi connectivity index (χ1) is 16.9. The molecule has 9 nitrogen and oxygen atoms in total. The van der Waals surface area contributed by atoms with Crippen LogP contribution in [0.5, 0.6) is 0 Å².